The molecule has 0 atom stereocenters. The quantitative estimate of drug-likeness (QED) is 0.550. The van der Waals surface area contributed by atoms with E-state index in [0.29, 0.717) is 17.9 Å². The molecule has 0 bridgehead atoms. The molecule has 1 rings (SSSR count). The molecule has 1 aromatic rings. The van der Waals surface area contributed by atoms with Crippen LogP contribution >= 0.6 is 0 Å². The fourth-order valence-corrected chi connectivity index (χ4v) is 1.32. The number of nitrogens with zero attached hydrogens (tertiary/aromatic N) is 1. The monoisotopic (exact) mass is 195 g/mol. The third kappa shape index (κ3) is 1.84. The maximum absolute atomic E-state index is 10.8. The van der Waals surface area contributed by atoms with E-state index in [2.05, 4.69) is 0 Å². The minimum atomic E-state index is -0.396. The van der Waals surface area contributed by atoms with Crippen molar-refractivity contribution in [2.24, 2.45) is 0 Å². The first-order chi connectivity index (χ1) is 6.57. The van der Waals surface area contributed by atoms with Crippen LogP contribution in [0.1, 0.15) is 18.1 Å². The van der Waals surface area contributed by atoms with Gasteiger partial charge < -0.3 is 4.74 Å². The smallest absolute Gasteiger partial charge is 0.314 e. The molecule has 0 fully saturated rings. The molecule has 4 nitrogen and oxygen atoms in total. The van der Waals surface area contributed by atoms with Crippen LogP contribution in [-0.2, 0) is 0 Å². The lowest BCUT2D eigenvalue weighted by molar-refractivity contribution is -0.386. The second-order valence-corrected chi connectivity index (χ2v) is 3.07. The third-order valence-electron chi connectivity index (χ3n) is 2.00. The highest BCUT2D eigenvalue weighted by Gasteiger charge is 2.20. The average Bonchev–Trinajstić information content (AvgIpc) is 2.11. The van der Waals surface area contributed by atoms with Gasteiger partial charge in [0.25, 0.3) is 0 Å². The van der Waals surface area contributed by atoms with E-state index in [-0.39, 0.29) is 5.69 Å². The normalized spacial score (nSPS) is 9.93. The molecular weight excluding hydrogens is 182 g/mol. The fourth-order valence-electron chi connectivity index (χ4n) is 1.32. The first-order valence-corrected chi connectivity index (χ1v) is 4.45. The first kappa shape index (κ1) is 10.5. The molecule has 4 heteroatoms. The molecule has 0 spiro atoms. The van der Waals surface area contributed by atoms with Gasteiger partial charge in [0.15, 0.2) is 5.75 Å². The van der Waals surface area contributed by atoms with Crippen LogP contribution in [0.15, 0.2) is 12.1 Å². The van der Waals surface area contributed by atoms with E-state index >= 15 is 0 Å². The Morgan fingerprint density at radius 2 is 1.93 bits per heavy atom. The van der Waals surface area contributed by atoms with Crippen LogP contribution < -0.4 is 4.74 Å². The van der Waals surface area contributed by atoms with E-state index in [0.717, 1.165) is 5.56 Å². The molecule has 0 N–H and O–H groups in total. The summed E-state index contributed by atoms with van der Waals surface area (Å²) in [6.07, 6.45) is 0. The molecular formula is C10H13NO3. The van der Waals surface area contributed by atoms with Gasteiger partial charge in [-0.15, -0.1) is 0 Å². The third-order valence-corrected chi connectivity index (χ3v) is 2.00. The molecule has 0 aliphatic heterocycles. The number of aryl methyl sites for hydroxylation is 2. The summed E-state index contributed by atoms with van der Waals surface area (Å²) in [7, 11) is 0. The second kappa shape index (κ2) is 4.09. The van der Waals surface area contributed by atoms with Crippen molar-refractivity contribution in [2.45, 2.75) is 20.8 Å². The fraction of sp³-hybridized carbons (Fsp3) is 0.400. The van der Waals surface area contributed by atoms with Crippen molar-refractivity contribution >= 4 is 5.69 Å². The van der Waals surface area contributed by atoms with Gasteiger partial charge in [0.1, 0.15) is 0 Å². The van der Waals surface area contributed by atoms with Gasteiger partial charge in [-0.25, -0.2) is 0 Å². The van der Waals surface area contributed by atoms with Gasteiger partial charge in [-0.2, -0.15) is 0 Å². The largest absolute Gasteiger partial charge is 0.487 e. The lowest BCUT2D eigenvalue weighted by Gasteiger charge is -2.08. The van der Waals surface area contributed by atoms with Crippen molar-refractivity contribution in [2.75, 3.05) is 6.61 Å². The Labute approximate surface area is 82.7 Å². The van der Waals surface area contributed by atoms with Crippen molar-refractivity contribution in [3.63, 3.8) is 0 Å². The van der Waals surface area contributed by atoms with E-state index in [1.54, 1.807) is 19.9 Å². The van der Waals surface area contributed by atoms with E-state index < -0.39 is 4.92 Å². The summed E-state index contributed by atoms with van der Waals surface area (Å²) in [6.45, 7) is 5.76. The Hall–Kier alpha value is -1.58. The van der Waals surface area contributed by atoms with Gasteiger partial charge in [-0.05, 0) is 26.3 Å². The van der Waals surface area contributed by atoms with Crippen LogP contribution in [-0.4, -0.2) is 11.5 Å². The maximum Gasteiger partial charge on any atom is 0.314 e. The average molecular weight is 195 g/mol. The zero-order valence-electron chi connectivity index (χ0n) is 8.53. The molecule has 1 aromatic carbocycles. The van der Waals surface area contributed by atoms with Crippen molar-refractivity contribution < 1.29 is 9.66 Å². The maximum atomic E-state index is 10.8. The molecule has 0 aromatic heterocycles. The highest BCUT2D eigenvalue weighted by Crippen LogP contribution is 2.33. The predicted octanol–water partition coefficient (Wildman–Crippen LogP) is 2.61. The van der Waals surface area contributed by atoms with Gasteiger partial charge in [-0.1, -0.05) is 12.1 Å². The van der Waals surface area contributed by atoms with Crippen LogP contribution in [0.25, 0.3) is 0 Å². The lowest BCUT2D eigenvalue weighted by Crippen LogP contribution is -2.01. The van der Waals surface area contributed by atoms with Crippen LogP contribution in [0.4, 0.5) is 5.69 Å². The number of benzene rings is 1. The summed E-state index contributed by atoms with van der Waals surface area (Å²) in [6, 6.07) is 3.56. The zero-order chi connectivity index (χ0) is 10.7. The summed E-state index contributed by atoms with van der Waals surface area (Å²) in [4.78, 5) is 10.4. The molecule has 0 aliphatic rings. The Morgan fingerprint density at radius 3 is 2.43 bits per heavy atom. The molecule has 0 saturated carbocycles. The topological polar surface area (TPSA) is 52.4 Å². The Kier molecular flexibility index (Phi) is 3.06. The Morgan fingerprint density at radius 1 is 1.36 bits per heavy atom. The highest BCUT2D eigenvalue weighted by molar-refractivity contribution is 5.56. The predicted molar refractivity (Wildman–Crippen MR) is 53.7 cm³/mol. The van der Waals surface area contributed by atoms with Crippen molar-refractivity contribution in [1.29, 1.82) is 0 Å². The highest BCUT2D eigenvalue weighted by atomic mass is 16.6. The molecule has 0 amide bonds. The molecule has 0 unspecified atom stereocenters. The molecule has 0 aliphatic carbocycles. The first-order valence-electron chi connectivity index (χ1n) is 4.45. The molecule has 76 valence electrons. The number of nitro benzene ring substituents is 1. The number of ether oxygens (including phenoxy) is 1. The van der Waals surface area contributed by atoms with Crippen LogP contribution in [0.3, 0.4) is 0 Å². The standard InChI is InChI=1S/C10H13NO3/c1-4-14-10-8(3)6-5-7(2)9(10)11(12)13/h5-6H,4H2,1-3H3. The number of rotatable bonds is 3. The minimum absolute atomic E-state index is 0.0758. The summed E-state index contributed by atoms with van der Waals surface area (Å²) in [5.41, 5.74) is 1.50. The van der Waals surface area contributed by atoms with Crippen LogP contribution in [0.5, 0.6) is 5.75 Å². The summed E-state index contributed by atoms with van der Waals surface area (Å²) >= 11 is 0. The van der Waals surface area contributed by atoms with Crippen LogP contribution in [0, 0.1) is 24.0 Å². The zero-order valence-corrected chi connectivity index (χ0v) is 8.53. The molecule has 0 saturated heterocycles. The SMILES string of the molecule is CCOc1c(C)ccc(C)c1[N+](=O)[O-]. The van der Waals surface area contributed by atoms with Gasteiger partial charge in [0, 0.05) is 5.56 Å². The van der Waals surface area contributed by atoms with Crippen molar-refractivity contribution in [1.82, 2.24) is 0 Å². The number of hydrogen-bond acceptors (Lipinski definition) is 3. The summed E-state index contributed by atoms with van der Waals surface area (Å²) in [5.74, 6) is 0.387. The van der Waals surface area contributed by atoms with Crippen LogP contribution in [0.2, 0.25) is 0 Å². The van der Waals surface area contributed by atoms with E-state index in [1.807, 2.05) is 13.0 Å². The Balaban J connectivity index is 3.33. The summed E-state index contributed by atoms with van der Waals surface area (Å²) in [5, 5.41) is 10.8. The van der Waals surface area contributed by atoms with Crippen molar-refractivity contribution in [3.8, 4) is 5.75 Å². The van der Waals surface area contributed by atoms with Gasteiger partial charge in [0.2, 0.25) is 0 Å². The molecule has 0 radical (unpaired) electrons. The number of nitro groups is 1. The molecule has 14 heavy (non-hydrogen) atoms. The van der Waals surface area contributed by atoms with Gasteiger partial charge in [-0.3, -0.25) is 10.1 Å². The number of hydrogen-bond donors (Lipinski definition) is 0. The van der Waals surface area contributed by atoms with E-state index in [9.17, 15) is 10.1 Å². The van der Waals surface area contributed by atoms with E-state index in [1.165, 1.54) is 0 Å². The summed E-state index contributed by atoms with van der Waals surface area (Å²) < 4.78 is 5.27. The van der Waals surface area contributed by atoms with E-state index in [4.69, 9.17) is 4.74 Å². The Bertz CT molecular complexity index is 361. The second-order valence-electron chi connectivity index (χ2n) is 3.07. The lowest BCUT2D eigenvalue weighted by atomic mass is 10.1. The minimum Gasteiger partial charge on any atom is -0.487 e. The van der Waals surface area contributed by atoms with Gasteiger partial charge in [0.05, 0.1) is 11.5 Å². The van der Waals surface area contributed by atoms with Gasteiger partial charge >= 0.3 is 5.69 Å². The molecule has 0 heterocycles. The van der Waals surface area contributed by atoms with Crippen molar-refractivity contribution in [3.05, 3.63) is 33.4 Å².